The Bertz CT molecular complexity index is 779. The van der Waals surface area contributed by atoms with Crippen LogP contribution in [0, 0.1) is 11.3 Å². The number of nitrogens with zero attached hydrogens (tertiary/aromatic N) is 2. The molecular weight excluding hydrogens is 274 g/mol. The van der Waals surface area contributed by atoms with Crippen molar-refractivity contribution >= 4 is 21.4 Å². The lowest BCUT2D eigenvalue weighted by molar-refractivity contribution is 0.594. The SMILES string of the molecule is CN(c1cccc(N)c1)S(=O)(=O)c1cccc(C#N)c1. The summed E-state index contributed by atoms with van der Waals surface area (Å²) in [4.78, 5) is 0.0708. The van der Waals surface area contributed by atoms with Crippen LogP contribution in [0.3, 0.4) is 0 Å². The number of benzene rings is 2. The summed E-state index contributed by atoms with van der Waals surface area (Å²) in [5.41, 5.74) is 6.90. The van der Waals surface area contributed by atoms with Crippen molar-refractivity contribution in [3.63, 3.8) is 0 Å². The second-order valence-corrected chi connectivity index (χ2v) is 6.18. The van der Waals surface area contributed by atoms with Crippen molar-refractivity contribution in [2.24, 2.45) is 0 Å². The second kappa shape index (κ2) is 5.23. The highest BCUT2D eigenvalue weighted by atomic mass is 32.2. The molecule has 6 heteroatoms. The molecule has 0 fully saturated rings. The van der Waals surface area contributed by atoms with Gasteiger partial charge in [-0.05, 0) is 36.4 Å². The zero-order chi connectivity index (χ0) is 14.8. The van der Waals surface area contributed by atoms with Crippen molar-refractivity contribution in [1.29, 1.82) is 5.26 Å². The number of hydrogen-bond donors (Lipinski definition) is 1. The Morgan fingerprint density at radius 1 is 1.15 bits per heavy atom. The van der Waals surface area contributed by atoms with Gasteiger partial charge < -0.3 is 5.73 Å². The van der Waals surface area contributed by atoms with Crippen LogP contribution in [-0.4, -0.2) is 15.5 Å². The monoisotopic (exact) mass is 287 g/mol. The lowest BCUT2D eigenvalue weighted by Gasteiger charge is -2.19. The van der Waals surface area contributed by atoms with Crippen LogP contribution in [0.1, 0.15) is 5.56 Å². The Morgan fingerprint density at radius 3 is 2.50 bits per heavy atom. The molecule has 0 atom stereocenters. The number of anilines is 2. The molecule has 2 aromatic rings. The predicted molar refractivity (Wildman–Crippen MR) is 77.6 cm³/mol. The van der Waals surface area contributed by atoms with Crippen LogP contribution in [0.5, 0.6) is 0 Å². The Morgan fingerprint density at radius 2 is 1.85 bits per heavy atom. The van der Waals surface area contributed by atoms with Gasteiger partial charge in [-0.25, -0.2) is 8.42 Å². The van der Waals surface area contributed by atoms with E-state index in [9.17, 15) is 8.42 Å². The van der Waals surface area contributed by atoms with Crippen LogP contribution in [-0.2, 0) is 10.0 Å². The summed E-state index contributed by atoms with van der Waals surface area (Å²) in [6.07, 6.45) is 0. The molecular formula is C14H13N3O2S. The molecule has 2 rings (SSSR count). The van der Waals surface area contributed by atoms with E-state index in [1.807, 2.05) is 6.07 Å². The average molecular weight is 287 g/mol. The molecule has 0 bridgehead atoms. The number of nitrogen functional groups attached to an aromatic ring is 1. The van der Waals surface area contributed by atoms with E-state index in [2.05, 4.69) is 0 Å². The zero-order valence-corrected chi connectivity index (χ0v) is 11.6. The molecule has 0 aliphatic rings. The van der Waals surface area contributed by atoms with E-state index in [0.717, 1.165) is 4.31 Å². The van der Waals surface area contributed by atoms with Crippen molar-refractivity contribution in [2.75, 3.05) is 17.1 Å². The number of nitrogens with two attached hydrogens (primary N) is 1. The largest absolute Gasteiger partial charge is 0.399 e. The fourth-order valence-corrected chi connectivity index (χ4v) is 2.98. The summed E-state index contributed by atoms with van der Waals surface area (Å²) in [5.74, 6) is 0. The maximum Gasteiger partial charge on any atom is 0.264 e. The Kier molecular flexibility index (Phi) is 3.63. The normalized spacial score (nSPS) is 10.8. The van der Waals surface area contributed by atoms with Crippen LogP contribution in [0.25, 0.3) is 0 Å². The molecule has 2 aromatic carbocycles. The first-order chi connectivity index (χ1) is 9.45. The zero-order valence-electron chi connectivity index (χ0n) is 10.8. The van der Waals surface area contributed by atoms with E-state index in [4.69, 9.17) is 11.0 Å². The van der Waals surface area contributed by atoms with E-state index in [1.54, 1.807) is 36.4 Å². The number of hydrogen-bond acceptors (Lipinski definition) is 4. The molecule has 0 radical (unpaired) electrons. The van der Waals surface area contributed by atoms with Crippen LogP contribution in [0.4, 0.5) is 11.4 Å². The highest BCUT2D eigenvalue weighted by Crippen LogP contribution is 2.23. The van der Waals surface area contributed by atoms with Crippen LogP contribution < -0.4 is 10.0 Å². The third-order valence-electron chi connectivity index (χ3n) is 2.86. The van der Waals surface area contributed by atoms with Gasteiger partial charge in [0.2, 0.25) is 0 Å². The van der Waals surface area contributed by atoms with Gasteiger partial charge in [-0.1, -0.05) is 12.1 Å². The van der Waals surface area contributed by atoms with E-state index in [0.29, 0.717) is 16.9 Å². The molecule has 0 aromatic heterocycles. The fourth-order valence-electron chi connectivity index (χ4n) is 1.74. The molecule has 0 spiro atoms. The van der Waals surface area contributed by atoms with Gasteiger partial charge in [-0.2, -0.15) is 5.26 Å². The lowest BCUT2D eigenvalue weighted by atomic mass is 10.2. The van der Waals surface area contributed by atoms with E-state index in [-0.39, 0.29) is 4.90 Å². The Hall–Kier alpha value is -2.52. The molecule has 102 valence electrons. The molecule has 0 saturated heterocycles. The molecule has 0 saturated carbocycles. The maximum absolute atomic E-state index is 12.5. The molecule has 20 heavy (non-hydrogen) atoms. The number of sulfonamides is 1. The summed E-state index contributed by atoms with van der Waals surface area (Å²) in [6.45, 7) is 0. The predicted octanol–water partition coefficient (Wildman–Crippen LogP) is 1.97. The standard InChI is InChI=1S/C14H13N3O2S/c1-17(13-6-3-5-12(16)9-13)20(18,19)14-7-2-4-11(8-14)10-15/h2-9H,16H2,1H3. The lowest BCUT2D eigenvalue weighted by Crippen LogP contribution is -2.26. The van der Waals surface area contributed by atoms with Crippen LogP contribution in [0.2, 0.25) is 0 Å². The molecule has 5 nitrogen and oxygen atoms in total. The summed E-state index contributed by atoms with van der Waals surface area (Å²) in [7, 11) is -2.27. The molecule has 0 amide bonds. The van der Waals surface area contributed by atoms with Gasteiger partial charge >= 0.3 is 0 Å². The minimum Gasteiger partial charge on any atom is -0.399 e. The third-order valence-corrected chi connectivity index (χ3v) is 4.64. The van der Waals surface area contributed by atoms with Gasteiger partial charge in [-0.15, -0.1) is 0 Å². The quantitative estimate of drug-likeness (QED) is 0.874. The third kappa shape index (κ3) is 2.58. The van der Waals surface area contributed by atoms with Gasteiger partial charge in [-0.3, -0.25) is 4.31 Å². The molecule has 0 heterocycles. The van der Waals surface area contributed by atoms with Gasteiger partial charge in [0.15, 0.2) is 0 Å². The van der Waals surface area contributed by atoms with E-state index >= 15 is 0 Å². The molecule has 0 aliphatic carbocycles. The van der Waals surface area contributed by atoms with Crippen molar-refractivity contribution in [3.05, 3.63) is 54.1 Å². The maximum atomic E-state index is 12.5. The first-order valence-corrected chi connectivity index (χ1v) is 7.24. The molecule has 0 aliphatic heterocycles. The van der Waals surface area contributed by atoms with Crippen molar-refractivity contribution < 1.29 is 8.42 Å². The Balaban J connectivity index is 2.47. The van der Waals surface area contributed by atoms with Gasteiger partial charge in [0.05, 0.1) is 22.2 Å². The minimum atomic E-state index is -3.71. The highest BCUT2D eigenvalue weighted by Gasteiger charge is 2.21. The molecule has 0 unspecified atom stereocenters. The fraction of sp³-hybridized carbons (Fsp3) is 0.0714. The van der Waals surface area contributed by atoms with E-state index in [1.165, 1.54) is 19.2 Å². The summed E-state index contributed by atoms with van der Waals surface area (Å²) >= 11 is 0. The smallest absolute Gasteiger partial charge is 0.264 e. The van der Waals surface area contributed by atoms with Crippen molar-refractivity contribution in [1.82, 2.24) is 0 Å². The Labute approximate surface area is 117 Å². The molecule has 2 N–H and O–H groups in total. The highest BCUT2D eigenvalue weighted by molar-refractivity contribution is 7.92. The first-order valence-electron chi connectivity index (χ1n) is 5.80. The number of nitriles is 1. The average Bonchev–Trinajstić information content (AvgIpc) is 2.46. The van der Waals surface area contributed by atoms with Crippen LogP contribution in [0.15, 0.2) is 53.4 Å². The van der Waals surface area contributed by atoms with Crippen molar-refractivity contribution in [3.8, 4) is 6.07 Å². The van der Waals surface area contributed by atoms with Gasteiger partial charge in [0.1, 0.15) is 0 Å². The second-order valence-electron chi connectivity index (χ2n) is 4.21. The summed E-state index contributed by atoms with van der Waals surface area (Å²) in [6, 6.07) is 14.4. The van der Waals surface area contributed by atoms with Crippen molar-refractivity contribution in [2.45, 2.75) is 4.90 Å². The summed E-state index contributed by atoms with van der Waals surface area (Å²) in [5, 5.41) is 8.84. The number of rotatable bonds is 3. The summed E-state index contributed by atoms with van der Waals surface area (Å²) < 4.78 is 26.1. The minimum absolute atomic E-state index is 0.0708. The topological polar surface area (TPSA) is 87.2 Å². The van der Waals surface area contributed by atoms with E-state index < -0.39 is 10.0 Å². The van der Waals surface area contributed by atoms with Gasteiger partial charge in [0, 0.05) is 12.7 Å². The van der Waals surface area contributed by atoms with Gasteiger partial charge in [0.25, 0.3) is 10.0 Å². The first kappa shape index (κ1) is 13.9. The van der Waals surface area contributed by atoms with Crippen LogP contribution >= 0.6 is 0 Å².